The van der Waals surface area contributed by atoms with Crippen LogP contribution in [0.25, 0.3) is 0 Å². The number of rotatable bonds is 5. The van der Waals surface area contributed by atoms with Crippen LogP contribution in [0.1, 0.15) is 19.8 Å². The van der Waals surface area contributed by atoms with Gasteiger partial charge < -0.3 is 9.88 Å². The lowest BCUT2D eigenvalue weighted by molar-refractivity contribution is 0.662. The predicted molar refractivity (Wildman–Crippen MR) is 56.2 cm³/mol. The zero-order valence-electron chi connectivity index (χ0n) is 8.13. The molecule has 0 saturated carbocycles. The molecule has 1 aromatic rings. The lowest BCUT2D eigenvalue weighted by Gasteiger charge is -2.15. The van der Waals surface area contributed by atoms with E-state index in [1.54, 1.807) is 6.20 Å². The first-order valence-electron chi connectivity index (χ1n) is 4.57. The van der Waals surface area contributed by atoms with Crippen LogP contribution in [0.15, 0.2) is 12.4 Å². The van der Waals surface area contributed by atoms with Crippen LogP contribution in [-0.2, 0) is 7.05 Å². The van der Waals surface area contributed by atoms with Crippen LogP contribution in [0, 0.1) is 0 Å². The van der Waals surface area contributed by atoms with Crippen molar-refractivity contribution < 1.29 is 0 Å². The molecule has 4 heteroatoms. The van der Waals surface area contributed by atoms with E-state index >= 15 is 0 Å². The van der Waals surface area contributed by atoms with E-state index in [1.165, 1.54) is 0 Å². The molecule has 0 fully saturated rings. The van der Waals surface area contributed by atoms with Crippen molar-refractivity contribution in [3.63, 3.8) is 0 Å². The van der Waals surface area contributed by atoms with Gasteiger partial charge in [-0.3, -0.25) is 0 Å². The summed E-state index contributed by atoms with van der Waals surface area (Å²) in [6, 6.07) is 0.429. The third-order valence-corrected chi connectivity index (χ3v) is 2.32. The number of alkyl halides is 1. The first kappa shape index (κ1) is 10.4. The maximum Gasteiger partial charge on any atom is 0.202 e. The fourth-order valence-corrected chi connectivity index (χ4v) is 1.46. The van der Waals surface area contributed by atoms with Crippen molar-refractivity contribution in [2.24, 2.45) is 7.05 Å². The highest BCUT2D eigenvalue weighted by atomic mass is 35.5. The molecule has 1 heterocycles. The van der Waals surface area contributed by atoms with Gasteiger partial charge in [-0.05, 0) is 12.8 Å². The maximum atomic E-state index is 5.69. The largest absolute Gasteiger partial charge is 0.353 e. The summed E-state index contributed by atoms with van der Waals surface area (Å²) in [6.07, 6.45) is 5.76. The molecule has 3 nitrogen and oxygen atoms in total. The highest BCUT2D eigenvalue weighted by molar-refractivity contribution is 6.17. The summed E-state index contributed by atoms with van der Waals surface area (Å²) in [6.45, 7) is 2.15. The molecule has 0 aliphatic heterocycles. The number of anilines is 1. The number of nitrogens with zero attached hydrogens (tertiary/aromatic N) is 2. The Morgan fingerprint density at radius 2 is 2.46 bits per heavy atom. The Hall–Kier alpha value is -0.700. The minimum Gasteiger partial charge on any atom is -0.353 e. The van der Waals surface area contributed by atoms with Crippen molar-refractivity contribution in [1.82, 2.24) is 9.55 Å². The number of halogens is 1. The maximum absolute atomic E-state index is 5.69. The van der Waals surface area contributed by atoms with E-state index in [0.29, 0.717) is 11.9 Å². The van der Waals surface area contributed by atoms with Gasteiger partial charge in [0.1, 0.15) is 0 Å². The van der Waals surface area contributed by atoms with Gasteiger partial charge in [-0.2, -0.15) is 0 Å². The highest BCUT2D eigenvalue weighted by Gasteiger charge is 2.07. The van der Waals surface area contributed by atoms with E-state index in [4.69, 9.17) is 11.6 Å². The third kappa shape index (κ3) is 2.92. The van der Waals surface area contributed by atoms with Crippen LogP contribution >= 0.6 is 11.6 Å². The van der Waals surface area contributed by atoms with Crippen LogP contribution in [0.5, 0.6) is 0 Å². The molecule has 1 rings (SSSR count). The van der Waals surface area contributed by atoms with Crippen molar-refractivity contribution in [3.8, 4) is 0 Å². The van der Waals surface area contributed by atoms with Gasteiger partial charge in [-0.1, -0.05) is 6.92 Å². The lowest BCUT2D eigenvalue weighted by atomic mass is 10.2. The minimum atomic E-state index is 0.429. The normalized spacial score (nSPS) is 12.8. The molecule has 1 aromatic heterocycles. The van der Waals surface area contributed by atoms with E-state index in [0.717, 1.165) is 18.8 Å². The Morgan fingerprint density at radius 3 is 2.92 bits per heavy atom. The van der Waals surface area contributed by atoms with Gasteiger partial charge in [0, 0.05) is 31.4 Å². The number of aromatic nitrogens is 2. The van der Waals surface area contributed by atoms with Crippen LogP contribution in [0.4, 0.5) is 5.95 Å². The second-order valence-electron chi connectivity index (χ2n) is 3.09. The van der Waals surface area contributed by atoms with Crippen LogP contribution in [0.3, 0.4) is 0 Å². The molecule has 1 atom stereocenters. The molecular weight excluding hydrogens is 186 g/mol. The summed E-state index contributed by atoms with van der Waals surface area (Å²) in [5.41, 5.74) is 0. The van der Waals surface area contributed by atoms with Crippen LogP contribution in [-0.4, -0.2) is 21.5 Å². The van der Waals surface area contributed by atoms with E-state index in [9.17, 15) is 0 Å². The van der Waals surface area contributed by atoms with Crippen molar-refractivity contribution in [1.29, 1.82) is 0 Å². The summed E-state index contributed by atoms with van der Waals surface area (Å²) in [5.74, 6) is 1.60. The van der Waals surface area contributed by atoms with Gasteiger partial charge in [0.25, 0.3) is 0 Å². The minimum absolute atomic E-state index is 0.429. The fourth-order valence-electron chi connectivity index (χ4n) is 1.20. The monoisotopic (exact) mass is 201 g/mol. The summed E-state index contributed by atoms with van der Waals surface area (Å²) < 4.78 is 1.97. The zero-order chi connectivity index (χ0) is 9.68. The molecule has 0 aromatic carbocycles. The molecule has 0 amide bonds. The standard InChI is InChI=1S/C9H16ClN3/c1-3-8(4-5-10)12-9-11-6-7-13(9)2/h6-8H,3-5H2,1-2H3,(H,11,12). The predicted octanol–water partition coefficient (Wildman–Crippen LogP) is 2.24. The van der Waals surface area contributed by atoms with Gasteiger partial charge in [0.05, 0.1) is 0 Å². The molecule has 74 valence electrons. The van der Waals surface area contributed by atoms with E-state index in [-0.39, 0.29) is 0 Å². The van der Waals surface area contributed by atoms with Crippen molar-refractivity contribution in [2.45, 2.75) is 25.8 Å². The molecule has 13 heavy (non-hydrogen) atoms. The average molecular weight is 202 g/mol. The Bertz CT molecular complexity index is 247. The summed E-state index contributed by atoms with van der Waals surface area (Å²) in [5, 5.41) is 3.35. The molecule has 0 aliphatic carbocycles. The number of hydrogen-bond donors (Lipinski definition) is 1. The Morgan fingerprint density at radius 1 is 1.69 bits per heavy atom. The molecule has 0 saturated heterocycles. The summed E-state index contributed by atoms with van der Waals surface area (Å²) >= 11 is 5.69. The Kier molecular flexibility index (Phi) is 4.09. The molecular formula is C9H16ClN3. The smallest absolute Gasteiger partial charge is 0.202 e. The SMILES string of the molecule is CCC(CCCl)Nc1nccn1C. The number of hydrogen-bond acceptors (Lipinski definition) is 2. The fraction of sp³-hybridized carbons (Fsp3) is 0.667. The average Bonchev–Trinajstić information content (AvgIpc) is 2.51. The van der Waals surface area contributed by atoms with Gasteiger partial charge >= 0.3 is 0 Å². The third-order valence-electron chi connectivity index (χ3n) is 2.10. The van der Waals surface area contributed by atoms with Crippen molar-refractivity contribution in [3.05, 3.63) is 12.4 Å². The molecule has 0 bridgehead atoms. The van der Waals surface area contributed by atoms with Crippen LogP contribution in [0.2, 0.25) is 0 Å². The molecule has 0 aliphatic rings. The van der Waals surface area contributed by atoms with Gasteiger partial charge in [-0.25, -0.2) is 4.98 Å². The van der Waals surface area contributed by atoms with Crippen molar-refractivity contribution in [2.75, 3.05) is 11.2 Å². The second-order valence-corrected chi connectivity index (χ2v) is 3.47. The second kappa shape index (κ2) is 5.12. The quantitative estimate of drug-likeness (QED) is 0.741. The van der Waals surface area contributed by atoms with Gasteiger partial charge in [0.15, 0.2) is 0 Å². The zero-order valence-corrected chi connectivity index (χ0v) is 8.88. The number of nitrogens with one attached hydrogen (secondary N) is 1. The van der Waals surface area contributed by atoms with Gasteiger partial charge in [0.2, 0.25) is 5.95 Å². The molecule has 0 spiro atoms. The highest BCUT2D eigenvalue weighted by Crippen LogP contribution is 2.08. The summed E-state index contributed by atoms with van der Waals surface area (Å²) in [7, 11) is 1.97. The van der Waals surface area contributed by atoms with E-state index in [1.807, 2.05) is 17.8 Å². The summed E-state index contributed by atoms with van der Waals surface area (Å²) in [4.78, 5) is 4.19. The molecule has 0 radical (unpaired) electrons. The molecule has 1 unspecified atom stereocenters. The number of imidazole rings is 1. The van der Waals surface area contributed by atoms with Gasteiger partial charge in [-0.15, -0.1) is 11.6 Å². The van der Waals surface area contributed by atoms with Crippen molar-refractivity contribution >= 4 is 17.5 Å². The van der Waals surface area contributed by atoms with Crippen LogP contribution < -0.4 is 5.32 Å². The van der Waals surface area contributed by atoms with E-state index in [2.05, 4.69) is 17.2 Å². The Balaban J connectivity index is 2.51. The van der Waals surface area contributed by atoms with E-state index < -0.39 is 0 Å². The number of aryl methyl sites for hydroxylation is 1. The lowest BCUT2D eigenvalue weighted by Crippen LogP contribution is -2.21. The first-order chi connectivity index (χ1) is 6.27. The topological polar surface area (TPSA) is 29.9 Å². The first-order valence-corrected chi connectivity index (χ1v) is 5.11. The Labute approximate surface area is 84.1 Å². The molecule has 1 N–H and O–H groups in total.